The Kier molecular flexibility index (Phi) is 11.6. The van der Waals surface area contributed by atoms with Gasteiger partial charge in [-0.15, -0.1) is 23.5 Å². The SMILES string of the molecule is CC(C)(C)[Si](O[C@@H](CCOCc1ccccc1)C[C@H](O)CC1SCCCS1)(c1ccccc1)c1ccccc1. The van der Waals surface area contributed by atoms with Gasteiger partial charge in [0, 0.05) is 6.61 Å². The second-order valence-electron chi connectivity index (χ2n) is 11.4. The number of aliphatic hydroxyl groups is 1. The van der Waals surface area contributed by atoms with E-state index in [1.807, 2.05) is 41.7 Å². The van der Waals surface area contributed by atoms with Crippen molar-refractivity contribution in [3.63, 3.8) is 0 Å². The second-order valence-corrected chi connectivity index (χ2v) is 18.6. The number of rotatable bonds is 13. The van der Waals surface area contributed by atoms with Crippen molar-refractivity contribution in [3.8, 4) is 0 Å². The van der Waals surface area contributed by atoms with Gasteiger partial charge in [0.25, 0.3) is 8.32 Å². The third kappa shape index (κ3) is 8.48. The lowest BCUT2D eigenvalue weighted by molar-refractivity contribution is 0.0474. The van der Waals surface area contributed by atoms with Gasteiger partial charge < -0.3 is 14.3 Å². The van der Waals surface area contributed by atoms with Crippen molar-refractivity contribution in [2.45, 2.75) is 74.9 Å². The molecule has 39 heavy (non-hydrogen) atoms. The third-order valence-electron chi connectivity index (χ3n) is 7.35. The molecule has 0 aromatic heterocycles. The molecule has 1 heterocycles. The first-order valence-corrected chi connectivity index (χ1v) is 18.2. The summed E-state index contributed by atoms with van der Waals surface area (Å²) in [7, 11) is -2.73. The van der Waals surface area contributed by atoms with Gasteiger partial charge in [0.1, 0.15) is 0 Å². The van der Waals surface area contributed by atoms with Gasteiger partial charge in [-0.2, -0.15) is 0 Å². The molecule has 6 heteroatoms. The van der Waals surface area contributed by atoms with Gasteiger partial charge >= 0.3 is 0 Å². The van der Waals surface area contributed by atoms with Crippen LogP contribution in [0.1, 0.15) is 52.0 Å². The van der Waals surface area contributed by atoms with E-state index in [1.165, 1.54) is 33.9 Å². The summed E-state index contributed by atoms with van der Waals surface area (Å²) >= 11 is 3.99. The summed E-state index contributed by atoms with van der Waals surface area (Å²) in [6.45, 7) is 8.12. The van der Waals surface area contributed by atoms with Gasteiger partial charge in [0.05, 0.1) is 23.4 Å². The maximum atomic E-state index is 11.3. The molecule has 210 valence electrons. The first-order valence-electron chi connectivity index (χ1n) is 14.2. The van der Waals surface area contributed by atoms with Gasteiger partial charge in [-0.3, -0.25) is 0 Å². The van der Waals surface area contributed by atoms with Crippen LogP contribution in [0.15, 0.2) is 91.0 Å². The van der Waals surface area contributed by atoms with Crippen LogP contribution in [0.25, 0.3) is 0 Å². The Morgan fingerprint density at radius 2 is 1.38 bits per heavy atom. The van der Waals surface area contributed by atoms with Crippen molar-refractivity contribution in [3.05, 3.63) is 96.6 Å². The molecule has 4 rings (SSSR count). The van der Waals surface area contributed by atoms with E-state index in [1.54, 1.807) is 0 Å². The van der Waals surface area contributed by atoms with Crippen molar-refractivity contribution < 1.29 is 14.3 Å². The fourth-order valence-corrected chi connectivity index (χ4v) is 13.2. The molecule has 1 fully saturated rings. The van der Waals surface area contributed by atoms with E-state index >= 15 is 0 Å². The van der Waals surface area contributed by atoms with Crippen LogP contribution >= 0.6 is 23.5 Å². The maximum absolute atomic E-state index is 11.3. The average molecular weight is 581 g/mol. The number of hydrogen-bond acceptors (Lipinski definition) is 5. The third-order valence-corrected chi connectivity index (χ3v) is 15.4. The van der Waals surface area contributed by atoms with E-state index in [-0.39, 0.29) is 11.1 Å². The molecule has 2 atom stereocenters. The lowest BCUT2D eigenvalue weighted by atomic mass is 10.1. The highest BCUT2D eigenvalue weighted by atomic mass is 32.2. The summed E-state index contributed by atoms with van der Waals surface area (Å²) in [6, 6.07) is 31.9. The molecule has 1 N–H and O–H groups in total. The van der Waals surface area contributed by atoms with Crippen LogP contribution in [0, 0.1) is 0 Å². The van der Waals surface area contributed by atoms with Crippen molar-refractivity contribution >= 4 is 42.2 Å². The minimum atomic E-state index is -2.73. The standard InChI is InChI=1S/C33H44O3S2Si/c1-33(2,3)39(30-16-9-5-10-17-30,31-18-11-6-12-19-31)36-29(20-21-35-26-27-14-7-4-8-15-27)24-28(34)25-32-37-22-13-23-38-32/h4-12,14-19,28-29,32,34H,13,20-26H2,1-3H3/t28-,29-/m0/s1. The highest BCUT2D eigenvalue weighted by molar-refractivity contribution is 8.17. The van der Waals surface area contributed by atoms with E-state index in [0.717, 1.165) is 12.8 Å². The van der Waals surface area contributed by atoms with Crippen molar-refractivity contribution in [2.24, 2.45) is 0 Å². The molecule has 3 aromatic carbocycles. The topological polar surface area (TPSA) is 38.7 Å². The summed E-state index contributed by atoms with van der Waals surface area (Å²) in [4.78, 5) is 0. The quantitative estimate of drug-likeness (QED) is 0.176. The Bertz CT molecular complexity index is 1050. The lowest BCUT2D eigenvalue weighted by Gasteiger charge is -2.45. The van der Waals surface area contributed by atoms with Crippen LogP contribution < -0.4 is 10.4 Å². The molecule has 3 nitrogen and oxygen atoms in total. The van der Waals surface area contributed by atoms with Crippen LogP contribution in [-0.2, 0) is 15.8 Å². The average Bonchev–Trinajstić information content (AvgIpc) is 2.95. The number of thioether (sulfide) groups is 2. The lowest BCUT2D eigenvalue weighted by Crippen LogP contribution is -2.67. The van der Waals surface area contributed by atoms with Gasteiger partial charge in [0.15, 0.2) is 0 Å². The monoisotopic (exact) mass is 580 g/mol. The van der Waals surface area contributed by atoms with Crippen LogP contribution in [-0.4, -0.2) is 48.3 Å². The molecule has 0 saturated carbocycles. The number of ether oxygens (including phenoxy) is 1. The fourth-order valence-electron chi connectivity index (χ4n) is 5.44. The molecule has 3 aromatic rings. The summed E-state index contributed by atoms with van der Waals surface area (Å²) in [5.41, 5.74) is 1.17. The molecule has 0 spiro atoms. The number of aliphatic hydroxyl groups excluding tert-OH is 1. The molecule has 0 radical (unpaired) electrons. The molecule has 1 saturated heterocycles. The van der Waals surface area contributed by atoms with Gasteiger partial charge in [-0.25, -0.2) is 0 Å². The van der Waals surface area contributed by atoms with Crippen LogP contribution in [0.3, 0.4) is 0 Å². The Morgan fingerprint density at radius 1 is 0.846 bits per heavy atom. The minimum absolute atomic E-state index is 0.110. The smallest absolute Gasteiger partial charge is 0.261 e. The number of benzene rings is 3. The van der Waals surface area contributed by atoms with Crippen LogP contribution in [0.2, 0.25) is 5.04 Å². The Labute approximate surface area is 245 Å². The van der Waals surface area contributed by atoms with Crippen molar-refractivity contribution in [1.29, 1.82) is 0 Å². The highest BCUT2D eigenvalue weighted by Gasteiger charge is 2.51. The highest BCUT2D eigenvalue weighted by Crippen LogP contribution is 2.39. The molecule has 0 aliphatic carbocycles. The molecule has 0 bridgehead atoms. The molecule has 1 aliphatic heterocycles. The van der Waals surface area contributed by atoms with E-state index in [4.69, 9.17) is 9.16 Å². The minimum Gasteiger partial charge on any atom is -0.404 e. The van der Waals surface area contributed by atoms with Gasteiger partial charge in [-0.1, -0.05) is 112 Å². The summed E-state index contributed by atoms with van der Waals surface area (Å²) < 4.78 is 14.1. The Morgan fingerprint density at radius 3 is 1.92 bits per heavy atom. The summed E-state index contributed by atoms with van der Waals surface area (Å²) in [6.07, 6.45) is 2.93. The zero-order valence-corrected chi connectivity index (χ0v) is 26.3. The Balaban J connectivity index is 1.59. The zero-order valence-electron chi connectivity index (χ0n) is 23.6. The first-order chi connectivity index (χ1) is 18.9. The van der Waals surface area contributed by atoms with Crippen LogP contribution in [0.5, 0.6) is 0 Å². The van der Waals surface area contributed by atoms with E-state index in [0.29, 0.717) is 24.2 Å². The van der Waals surface area contributed by atoms with Crippen molar-refractivity contribution in [1.82, 2.24) is 0 Å². The predicted octanol–water partition coefficient (Wildman–Crippen LogP) is 6.88. The molecular weight excluding hydrogens is 537 g/mol. The molecule has 0 unspecified atom stereocenters. The van der Waals surface area contributed by atoms with E-state index in [2.05, 4.69) is 93.6 Å². The molecule has 1 aliphatic rings. The summed E-state index contributed by atoms with van der Waals surface area (Å²) in [5.74, 6) is 2.39. The van der Waals surface area contributed by atoms with E-state index < -0.39 is 14.4 Å². The Hall–Kier alpha value is -1.54. The predicted molar refractivity (Wildman–Crippen MR) is 172 cm³/mol. The normalized spacial score (nSPS) is 16.6. The number of hydrogen-bond donors (Lipinski definition) is 1. The second kappa shape index (κ2) is 14.9. The van der Waals surface area contributed by atoms with Crippen LogP contribution in [0.4, 0.5) is 0 Å². The largest absolute Gasteiger partial charge is 0.404 e. The van der Waals surface area contributed by atoms with E-state index in [9.17, 15) is 5.11 Å². The van der Waals surface area contributed by atoms with Gasteiger partial charge in [0.2, 0.25) is 0 Å². The molecular formula is C33H44O3S2Si. The maximum Gasteiger partial charge on any atom is 0.261 e. The fraction of sp³-hybridized carbons (Fsp3) is 0.455. The first kappa shape index (κ1) is 30.4. The van der Waals surface area contributed by atoms with Gasteiger partial charge in [-0.05, 0) is 58.2 Å². The summed E-state index contributed by atoms with van der Waals surface area (Å²) in [5, 5.41) is 13.7. The molecule has 0 amide bonds. The van der Waals surface area contributed by atoms with Crippen molar-refractivity contribution in [2.75, 3.05) is 18.1 Å². The zero-order chi connectivity index (χ0) is 27.6.